The van der Waals surface area contributed by atoms with E-state index in [-0.39, 0.29) is 22.7 Å². The van der Waals surface area contributed by atoms with Crippen molar-refractivity contribution in [2.45, 2.75) is 37.3 Å². The molecule has 0 amide bonds. The molecule has 1 aromatic heterocycles. The highest BCUT2D eigenvalue weighted by molar-refractivity contribution is 7.92. The third-order valence-corrected chi connectivity index (χ3v) is 7.15. The van der Waals surface area contributed by atoms with E-state index in [1.54, 1.807) is 24.3 Å². The Bertz CT molecular complexity index is 1280. The topological polar surface area (TPSA) is 119 Å². The minimum Gasteiger partial charge on any atom is -0.465 e. The molecule has 1 aliphatic rings. The van der Waals surface area contributed by atoms with E-state index >= 15 is 0 Å². The standard InChI is InChI=1S/C22H25FN6O4S/c1-3-15-6-7-16(22(30)33-2)11-21(15)34(31,32)25-19-12-18(29-14-24-26-27-29)8-9-20(19)28-10-4-5-17(23)13-28/h6-9,11-12,14,17,25H,3-5,10,13H2,1-2H3. The maximum atomic E-state index is 14.2. The molecule has 1 saturated heterocycles. The Kier molecular flexibility index (Phi) is 6.77. The van der Waals surface area contributed by atoms with E-state index in [4.69, 9.17) is 4.74 Å². The predicted octanol–water partition coefficient (Wildman–Crippen LogP) is 2.75. The second kappa shape index (κ2) is 9.75. The average Bonchev–Trinajstić information content (AvgIpc) is 3.38. The van der Waals surface area contributed by atoms with Crippen molar-refractivity contribution in [1.29, 1.82) is 0 Å². The van der Waals surface area contributed by atoms with Gasteiger partial charge in [-0.2, -0.15) is 0 Å². The summed E-state index contributed by atoms with van der Waals surface area (Å²) in [5.41, 5.74) is 2.00. The number of ether oxygens (including phenoxy) is 1. The van der Waals surface area contributed by atoms with Crippen LogP contribution in [0, 0.1) is 0 Å². The third kappa shape index (κ3) is 4.86. The zero-order valence-corrected chi connectivity index (χ0v) is 19.6. The molecule has 10 nitrogen and oxygen atoms in total. The van der Waals surface area contributed by atoms with Gasteiger partial charge in [0.05, 0.1) is 34.6 Å². The summed E-state index contributed by atoms with van der Waals surface area (Å²) in [6, 6.07) is 9.48. The Hall–Kier alpha value is -3.54. The number of hydrogen-bond donors (Lipinski definition) is 1. The summed E-state index contributed by atoms with van der Waals surface area (Å²) in [5, 5.41) is 11.1. The molecule has 1 N–H and O–H groups in total. The zero-order valence-electron chi connectivity index (χ0n) is 18.8. The molecule has 3 aromatic rings. The molecule has 0 bridgehead atoms. The van der Waals surface area contributed by atoms with Gasteiger partial charge in [0.1, 0.15) is 12.5 Å². The van der Waals surface area contributed by atoms with E-state index in [1.165, 1.54) is 30.3 Å². The largest absolute Gasteiger partial charge is 0.465 e. The fraction of sp³-hybridized carbons (Fsp3) is 0.364. The zero-order chi connectivity index (χ0) is 24.3. The SMILES string of the molecule is CCc1ccc(C(=O)OC)cc1S(=O)(=O)Nc1cc(-n2cnnn2)ccc1N1CCCC(F)C1. The lowest BCUT2D eigenvalue weighted by Gasteiger charge is -2.32. The fourth-order valence-electron chi connectivity index (χ4n) is 3.99. The molecule has 12 heteroatoms. The Morgan fingerprint density at radius 2 is 2.09 bits per heavy atom. The van der Waals surface area contributed by atoms with Crippen molar-refractivity contribution < 1.29 is 22.3 Å². The van der Waals surface area contributed by atoms with E-state index < -0.39 is 22.2 Å². The van der Waals surface area contributed by atoms with Gasteiger partial charge in [-0.3, -0.25) is 4.72 Å². The summed E-state index contributed by atoms with van der Waals surface area (Å²) in [4.78, 5) is 13.8. The van der Waals surface area contributed by atoms with E-state index in [2.05, 4.69) is 20.2 Å². The van der Waals surface area contributed by atoms with Crippen molar-refractivity contribution in [2.75, 3.05) is 29.8 Å². The number of alkyl halides is 1. The Morgan fingerprint density at radius 1 is 1.26 bits per heavy atom. The van der Waals surface area contributed by atoms with Gasteiger partial charge in [-0.25, -0.2) is 22.3 Å². The van der Waals surface area contributed by atoms with Crippen LogP contribution in [-0.2, 0) is 21.2 Å². The lowest BCUT2D eigenvalue weighted by Crippen LogP contribution is -2.37. The highest BCUT2D eigenvalue weighted by Crippen LogP contribution is 2.33. The molecule has 1 fully saturated rings. The molecule has 180 valence electrons. The molecule has 34 heavy (non-hydrogen) atoms. The van der Waals surface area contributed by atoms with Crippen LogP contribution in [0.3, 0.4) is 0 Å². The van der Waals surface area contributed by atoms with Crippen LogP contribution in [0.4, 0.5) is 15.8 Å². The molecule has 1 atom stereocenters. The molecule has 2 aromatic carbocycles. The second-order valence-corrected chi connectivity index (χ2v) is 9.57. The van der Waals surface area contributed by atoms with Gasteiger partial charge < -0.3 is 9.64 Å². The number of halogens is 1. The molecule has 0 saturated carbocycles. The molecule has 0 aliphatic carbocycles. The number of hydrogen-bond acceptors (Lipinski definition) is 8. The predicted molar refractivity (Wildman–Crippen MR) is 123 cm³/mol. The highest BCUT2D eigenvalue weighted by Gasteiger charge is 2.26. The van der Waals surface area contributed by atoms with Gasteiger partial charge in [-0.05, 0) is 65.6 Å². The lowest BCUT2D eigenvalue weighted by atomic mass is 10.1. The summed E-state index contributed by atoms with van der Waals surface area (Å²) in [7, 11) is -2.89. The first kappa shape index (κ1) is 23.6. The normalized spacial score (nSPS) is 16.3. The summed E-state index contributed by atoms with van der Waals surface area (Å²) in [6.45, 7) is 2.58. The number of benzene rings is 2. The number of tetrazole rings is 1. The van der Waals surface area contributed by atoms with Gasteiger partial charge in [0, 0.05) is 13.1 Å². The molecule has 1 aliphatic heterocycles. The number of carbonyl (C=O) groups is 1. The smallest absolute Gasteiger partial charge is 0.337 e. The number of anilines is 2. The highest BCUT2D eigenvalue weighted by atomic mass is 32.2. The van der Waals surface area contributed by atoms with Crippen molar-refractivity contribution in [3.63, 3.8) is 0 Å². The van der Waals surface area contributed by atoms with Gasteiger partial charge in [0.25, 0.3) is 10.0 Å². The minimum absolute atomic E-state index is 0.0290. The van der Waals surface area contributed by atoms with Crippen molar-refractivity contribution in [1.82, 2.24) is 20.2 Å². The summed E-state index contributed by atoms with van der Waals surface area (Å²) in [6.07, 6.45) is 1.95. The van der Waals surface area contributed by atoms with Gasteiger partial charge in [-0.15, -0.1) is 5.10 Å². The Morgan fingerprint density at radius 3 is 2.76 bits per heavy atom. The van der Waals surface area contributed by atoms with Crippen LogP contribution in [0.15, 0.2) is 47.6 Å². The van der Waals surface area contributed by atoms with E-state index in [0.717, 1.165) is 0 Å². The average molecular weight is 489 g/mol. The number of rotatable bonds is 7. The number of piperidine rings is 1. The van der Waals surface area contributed by atoms with Crippen LogP contribution in [0.2, 0.25) is 0 Å². The van der Waals surface area contributed by atoms with Crippen LogP contribution < -0.4 is 9.62 Å². The van der Waals surface area contributed by atoms with Crippen LogP contribution >= 0.6 is 0 Å². The van der Waals surface area contributed by atoms with Gasteiger partial charge in [0.15, 0.2) is 0 Å². The maximum absolute atomic E-state index is 14.2. The van der Waals surface area contributed by atoms with E-state index in [1.807, 2.05) is 11.8 Å². The first-order valence-corrected chi connectivity index (χ1v) is 12.3. The number of sulfonamides is 1. The third-order valence-electron chi connectivity index (χ3n) is 5.70. The van der Waals surface area contributed by atoms with Crippen molar-refractivity contribution in [3.8, 4) is 5.69 Å². The summed E-state index contributed by atoms with van der Waals surface area (Å²) in [5.74, 6) is -0.636. The first-order chi connectivity index (χ1) is 16.3. The number of carbonyl (C=O) groups excluding carboxylic acids is 1. The molecule has 4 rings (SSSR count). The molecule has 0 spiro atoms. The van der Waals surface area contributed by atoms with Crippen LogP contribution in [0.1, 0.15) is 35.7 Å². The monoisotopic (exact) mass is 488 g/mol. The van der Waals surface area contributed by atoms with Crippen LogP contribution in [0.5, 0.6) is 0 Å². The van der Waals surface area contributed by atoms with Crippen LogP contribution in [0.25, 0.3) is 5.69 Å². The fourth-order valence-corrected chi connectivity index (χ4v) is 5.39. The van der Waals surface area contributed by atoms with Crippen molar-refractivity contribution in [2.24, 2.45) is 0 Å². The number of esters is 1. The number of aromatic nitrogens is 4. The molecular weight excluding hydrogens is 463 g/mol. The van der Waals surface area contributed by atoms with Crippen molar-refractivity contribution >= 4 is 27.4 Å². The molecule has 0 radical (unpaired) electrons. The lowest BCUT2D eigenvalue weighted by molar-refractivity contribution is 0.0600. The minimum atomic E-state index is -4.12. The number of methoxy groups -OCH3 is 1. The van der Waals surface area contributed by atoms with Gasteiger partial charge >= 0.3 is 5.97 Å². The first-order valence-electron chi connectivity index (χ1n) is 10.8. The van der Waals surface area contributed by atoms with Gasteiger partial charge in [-0.1, -0.05) is 13.0 Å². The van der Waals surface area contributed by atoms with E-state index in [9.17, 15) is 17.6 Å². The molecule has 2 heterocycles. The quantitative estimate of drug-likeness (QED) is 0.504. The number of nitrogens with zero attached hydrogens (tertiary/aromatic N) is 5. The number of nitrogens with one attached hydrogen (secondary N) is 1. The Labute approximate surface area is 196 Å². The Balaban J connectivity index is 1.78. The van der Waals surface area contributed by atoms with Crippen LogP contribution in [-0.4, -0.2) is 61.0 Å². The molecule has 1 unspecified atom stereocenters. The van der Waals surface area contributed by atoms with Gasteiger partial charge in [0.2, 0.25) is 0 Å². The molecular formula is C22H25FN6O4S. The maximum Gasteiger partial charge on any atom is 0.337 e. The summed E-state index contributed by atoms with van der Waals surface area (Å²) < 4.78 is 50.0. The van der Waals surface area contributed by atoms with E-state index in [0.29, 0.717) is 42.7 Å². The van der Waals surface area contributed by atoms with Crippen molar-refractivity contribution in [3.05, 3.63) is 53.9 Å². The second-order valence-electron chi connectivity index (χ2n) is 7.91. The summed E-state index contributed by atoms with van der Waals surface area (Å²) >= 11 is 0. The number of aryl methyl sites for hydroxylation is 1.